The van der Waals surface area contributed by atoms with Crippen molar-refractivity contribution in [2.45, 2.75) is 32.9 Å². The predicted octanol–water partition coefficient (Wildman–Crippen LogP) is 3.78. The molecule has 1 amide bonds. The highest BCUT2D eigenvalue weighted by atomic mass is 35.5. The van der Waals surface area contributed by atoms with Crippen LogP contribution in [0.5, 0.6) is 11.5 Å². The largest absolute Gasteiger partial charge is 0.495 e. The lowest BCUT2D eigenvalue weighted by Crippen LogP contribution is -2.48. The van der Waals surface area contributed by atoms with E-state index in [1.807, 2.05) is 38.1 Å². The summed E-state index contributed by atoms with van der Waals surface area (Å²) >= 11 is 6.06. The fourth-order valence-corrected chi connectivity index (χ4v) is 4.39. The van der Waals surface area contributed by atoms with Crippen molar-refractivity contribution >= 4 is 33.2 Å². The summed E-state index contributed by atoms with van der Waals surface area (Å²) in [5.41, 5.74) is 1.06. The molecule has 0 radical (unpaired) electrons. The SMILES string of the molecule is CCOc1ccc([C@H](C)NC(=O)[C@@H](C)N(c2cc(Cl)ccc2OC)S(C)(=O)=O)cc1. The molecule has 2 aromatic carbocycles. The van der Waals surface area contributed by atoms with E-state index in [2.05, 4.69) is 5.32 Å². The van der Waals surface area contributed by atoms with Crippen molar-refractivity contribution in [2.24, 2.45) is 0 Å². The summed E-state index contributed by atoms with van der Waals surface area (Å²) in [7, 11) is -2.38. The Morgan fingerprint density at radius 1 is 1.17 bits per heavy atom. The molecule has 0 aromatic heterocycles. The lowest BCUT2D eigenvalue weighted by Gasteiger charge is -2.30. The molecule has 7 nitrogen and oxygen atoms in total. The van der Waals surface area contributed by atoms with E-state index >= 15 is 0 Å². The first-order chi connectivity index (χ1) is 14.1. The number of nitrogens with zero attached hydrogens (tertiary/aromatic N) is 1. The molecule has 2 rings (SSSR count). The molecule has 0 bridgehead atoms. The number of sulfonamides is 1. The zero-order valence-electron chi connectivity index (χ0n) is 17.7. The monoisotopic (exact) mass is 454 g/mol. The Morgan fingerprint density at radius 2 is 1.80 bits per heavy atom. The third-order valence-electron chi connectivity index (χ3n) is 4.52. The Morgan fingerprint density at radius 3 is 2.33 bits per heavy atom. The minimum atomic E-state index is -3.81. The molecule has 0 aliphatic rings. The van der Waals surface area contributed by atoms with Crippen LogP contribution in [0.4, 0.5) is 5.69 Å². The minimum Gasteiger partial charge on any atom is -0.495 e. The van der Waals surface area contributed by atoms with Crippen LogP contribution in [0, 0.1) is 0 Å². The molecule has 0 heterocycles. The van der Waals surface area contributed by atoms with E-state index in [0.717, 1.165) is 21.9 Å². The molecule has 164 valence electrons. The predicted molar refractivity (Wildman–Crippen MR) is 119 cm³/mol. The van der Waals surface area contributed by atoms with Crippen molar-refractivity contribution in [3.8, 4) is 11.5 Å². The van der Waals surface area contributed by atoms with Crippen LogP contribution in [0.3, 0.4) is 0 Å². The molecule has 0 aliphatic carbocycles. The van der Waals surface area contributed by atoms with Gasteiger partial charge in [-0.25, -0.2) is 8.42 Å². The van der Waals surface area contributed by atoms with Gasteiger partial charge in [-0.2, -0.15) is 0 Å². The van der Waals surface area contributed by atoms with E-state index in [0.29, 0.717) is 17.4 Å². The van der Waals surface area contributed by atoms with Gasteiger partial charge in [-0.3, -0.25) is 9.10 Å². The van der Waals surface area contributed by atoms with Crippen LogP contribution >= 0.6 is 11.6 Å². The van der Waals surface area contributed by atoms with Gasteiger partial charge in [0.15, 0.2) is 0 Å². The fourth-order valence-electron chi connectivity index (χ4n) is 3.05. The van der Waals surface area contributed by atoms with Crippen LogP contribution in [0.1, 0.15) is 32.4 Å². The van der Waals surface area contributed by atoms with Crippen LogP contribution in [0.15, 0.2) is 42.5 Å². The van der Waals surface area contributed by atoms with E-state index in [1.54, 1.807) is 12.1 Å². The van der Waals surface area contributed by atoms with Gasteiger partial charge in [0, 0.05) is 5.02 Å². The second-order valence-corrected chi connectivity index (χ2v) is 9.08. The number of nitrogens with one attached hydrogen (secondary N) is 1. The highest BCUT2D eigenvalue weighted by molar-refractivity contribution is 7.92. The number of benzene rings is 2. The number of carbonyl (C=O) groups is 1. The standard InChI is InChI=1S/C21H27ClN2O5S/c1-6-29-18-10-7-16(8-11-18)14(2)23-21(25)15(3)24(30(5,26)27)19-13-17(22)9-12-20(19)28-4/h7-15H,6H2,1-5H3,(H,23,25)/t14-,15+/m0/s1. The molecule has 2 atom stereocenters. The highest BCUT2D eigenvalue weighted by Crippen LogP contribution is 2.34. The third kappa shape index (κ3) is 5.79. The van der Waals surface area contributed by atoms with Crippen molar-refractivity contribution in [1.82, 2.24) is 5.32 Å². The maximum absolute atomic E-state index is 12.9. The van der Waals surface area contributed by atoms with Gasteiger partial charge in [-0.15, -0.1) is 0 Å². The number of anilines is 1. The molecule has 9 heteroatoms. The Hall–Kier alpha value is -2.45. The number of ether oxygens (including phenoxy) is 2. The number of hydrogen-bond acceptors (Lipinski definition) is 5. The topological polar surface area (TPSA) is 84.9 Å². The van der Waals surface area contributed by atoms with Gasteiger partial charge >= 0.3 is 0 Å². The molecular weight excluding hydrogens is 428 g/mol. The zero-order chi connectivity index (χ0) is 22.5. The van der Waals surface area contributed by atoms with E-state index in [1.165, 1.54) is 20.1 Å². The quantitative estimate of drug-likeness (QED) is 0.623. The first-order valence-corrected chi connectivity index (χ1v) is 11.7. The van der Waals surface area contributed by atoms with Gasteiger partial charge in [-0.05, 0) is 56.7 Å². The first kappa shape index (κ1) is 23.8. The molecule has 1 N–H and O–H groups in total. The Bertz CT molecular complexity index is 979. The van der Waals surface area contributed by atoms with E-state index < -0.39 is 22.0 Å². The van der Waals surface area contributed by atoms with Gasteiger partial charge in [0.1, 0.15) is 17.5 Å². The Labute approximate surface area is 183 Å². The summed E-state index contributed by atoms with van der Waals surface area (Å²) < 4.78 is 36.8. The number of hydrogen-bond donors (Lipinski definition) is 1. The van der Waals surface area contributed by atoms with Crippen molar-refractivity contribution in [3.63, 3.8) is 0 Å². The minimum absolute atomic E-state index is 0.198. The lowest BCUT2D eigenvalue weighted by molar-refractivity contribution is -0.122. The Balaban J connectivity index is 2.27. The summed E-state index contributed by atoms with van der Waals surface area (Å²) in [4.78, 5) is 12.9. The van der Waals surface area contributed by atoms with Crippen molar-refractivity contribution in [3.05, 3.63) is 53.1 Å². The second-order valence-electron chi connectivity index (χ2n) is 6.78. The van der Waals surface area contributed by atoms with Gasteiger partial charge in [-0.1, -0.05) is 23.7 Å². The van der Waals surface area contributed by atoms with Crippen LogP contribution in [0.2, 0.25) is 5.02 Å². The maximum Gasteiger partial charge on any atom is 0.244 e. The van der Waals surface area contributed by atoms with Gasteiger partial charge < -0.3 is 14.8 Å². The van der Waals surface area contributed by atoms with Crippen molar-refractivity contribution in [1.29, 1.82) is 0 Å². The molecule has 0 saturated heterocycles. The summed E-state index contributed by atoms with van der Waals surface area (Å²) in [6.45, 7) is 5.81. The molecule has 30 heavy (non-hydrogen) atoms. The lowest BCUT2D eigenvalue weighted by atomic mass is 10.1. The maximum atomic E-state index is 12.9. The van der Waals surface area contributed by atoms with Crippen LogP contribution < -0.4 is 19.1 Å². The molecule has 0 spiro atoms. The number of carbonyl (C=O) groups excluding carboxylic acids is 1. The first-order valence-electron chi connectivity index (χ1n) is 9.44. The molecule has 0 saturated carbocycles. The number of amides is 1. The normalized spacial score (nSPS) is 13.3. The number of methoxy groups -OCH3 is 1. The van der Waals surface area contributed by atoms with Crippen molar-refractivity contribution < 1.29 is 22.7 Å². The summed E-state index contributed by atoms with van der Waals surface area (Å²) in [6, 6.07) is 10.6. The van der Waals surface area contributed by atoms with Crippen LogP contribution in [0.25, 0.3) is 0 Å². The Kier molecular flexibility index (Phi) is 7.97. The average Bonchev–Trinajstić information content (AvgIpc) is 2.68. The summed E-state index contributed by atoms with van der Waals surface area (Å²) in [6.07, 6.45) is 1.03. The zero-order valence-corrected chi connectivity index (χ0v) is 19.3. The smallest absolute Gasteiger partial charge is 0.244 e. The summed E-state index contributed by atoms with van der Waals surface area (Å²) in [5.74, 6) is 0.581. The fraction of sp³-hybridized carbons (Fsp3) is 0.381. The van der Waals surface area contributed by atoms with E-state index in [4.69, 9.17) is 21.1 Å². The van der Waals surface area contributed by atoms with E-state index in [9.17, 15) is 13.2 Å². The number of halogens is 1. The van der Waals surface area contributed by atoms with Crippen LogP contribution in [-0.4, -0.2) is 40.3 Å². The van der Waals surface area contributed by atoms with Gasteiger partial charge in [0.25, 0.3) is 0 Å². The second kappa shape index (κ2) is 10.0. The van der Waals surface area contributed by atoms with Gasteiger partial charge in [0.05, 0.1) is 31.7 Å². The molecule has 0 fully saturated rings. The third-order valence-corrected chi connectivity index (χ3v) is 5.98. The number of rotatable bonds is 9. The van der Waals surface area contributed by atoms with Crippen LogP contribution in [-0.2, 0) is 14.8 Å². The summed E-state index contributed by atoms with van der Waals surface area (Å²) in [5, 5.41) is 3.19. The molecular formula is C21H27ClN2O5S. The molecule has 2 aromatic rings. The van der Waals surface area contributed by atoms with Gasteiger partial charge in [0.2, 0.25) is 15.9 Å². The van der Waals surface area contributed by atoms with Crippen molar-refractivity contribution in [2.75, 3.05) is 24.3 Å². The highest BCUT2D eigenvalue weighted by Gasteiger charge is 2.32. The average molecular weight is 455 g/mol. The van der Waals surface area contributed by atoms with E-state index in [-0.39, 0.29) is 11.7 Å². The molecule has 0 aliphatic heterocycles. The molecule has 0 unspecified atom stereocenters.